The molecular formula is C25H33FN4O3. The molecule has 0 spiro atoms. The Morgan fingerprint density at radius 2 is 1.94 bits per heavy atom. The maximum absolute atomic E-state index is 15.0. The number of hydrogen-bond donors (Lipinski definition) is 1. The number of halogens is 1. The predicted molar refractivity (Wildman–Crippen MR) is 127 cm³/mol. The second kappa shape index (κ2) is 9.37. The van der Waals surface area contributed by atoms with Crippen LogP contribution in [0.4, 0.5) is 9.18 Å². The van der Waals surface area contributed by atoms with Crippen LogP contribution in [0.2, 0.25) is 0 Å². The fourth-order valence-electron chi connectivity index (χ4n) is 3.92. The lowest BCUT2D eigenvalue weighted by atomic mass is 9.91. The van der Waals surface area contributed by atoms with Crippen LogP contribution in [0.5, 0.6) is 5.75 Å². The summed E-state index contributed by atoms with van der Waals surface area (Å²) in [5.74, 6) is -0.0731. The zero-order valence-electron chi connectivity index (χ0n) is 20.4. The van der Waals surface area contributed by atoms with Gasteiger partial charge < -0.3 is 14.8 Å². The highest BCUT2D eigenvalue weighted by atomic mass is 19.1. The lowest BCUT2D eigenvalue weighted by Crippen LogP contribution is -2.52. The number of fused-ring (bicyclic) bond motifs is 1. The van der Waals surface area contributed by atoms with Gasteiger partial charge in [0.05, 0.1) is 11.7 Å². The number of hydrogen-bond acceptors (Lipinski definition) is 5. The summed E-state index contributed by atoms with van der Waals surface area (Å²) < 4.78 is 27.9. The number of carbonyl (C=O) groups excluding carboxylic acids is 1. The minimum Gasteiger partial charge on any atom is -0.488 e. The molecule has 178 valence electrons. The minimum absolute atomic E-state index is 0.1000. The molecule has 33 heavy (non-hydrogen) atoms. The molecule has 1 unspecified atom stereocenters. The normalized spacial score (nSPS) is 13.7. The van der Waals surface area contributed by atoms with E-state index in [0.29, 0.717) is 12.0 Å². The largest absolute Gasteiger partial charge is 0.488 e. The van der Waals surface area contributed by atoms with Crippen molar-refractivity contribution in [1.29, 1.82) is 0 Å². The maximum atomic E-state index is 15.0. The van der Waals surface area contributed by atoms with E-state index in [-0.39, 0.29) is 18.3 Å². The molecule has 1 N–H and O–H groups in total. The van der Waals surface area contributed by atoms with Crippen molar-refractivity contribution in [3.8, 4) is 16.9 Å². The van der Waals surface area contributed by atoms with Crippen LogP contribution in [0.25, 0.3) is 22.2 Å². The monoisotopic (exact) mass is 456 g/mol. The number of pyridine rings is 1. The number of carbonyl (C=O) groups is 1. The van der Waals surface area contributed by atoms with E-state index in [0.717, 1.165) is 16.6 Å². The molecular weight excluding hydrogens is 423 g/mol. The molecule has 7 nitrogen and oxygen atoms in total. The van der Waals surface area contributed by atoms with Crippen LogP contribution in [0.15, 0.2) is 36.7 Å². The zero-order valence-corrected chi connectivity index (χ0v) is 20.4. The number of benzene rings is 1. The van der Waals surface area contributed by atoms with E-state index in [1.165, 1.54) is 6.07 Å². The summed E-state index contributed by atoms with van der Waals surface area (Å²) in [4.78, 5) is 16.7. The minimum atomic E-state index is -0.728. The van der Waals surface area contributed by atoms with Gasteiger partial charge in [-0.2, -0.15) is 5.10 Å². The summed E-state index contributed by atoms with van der Waals surface area (Å²) in [5.41, 5.74) is 0.935. The molecule has 0 aliphatic rings. The van der Waals surface area contributed by atoms with E-state index in [1.54, 1.807) is 29.2 Å². The highest BCUT2D eigenvalue weighted by Crippen LogP contribution is 2.31. The standard InChI is InChI=1S/C25H33FN4O3/c1-16(2)13-25(6,29-23(31)33-24(3,4)5)15-32-21-9-8-17(12-20(21)26)18-10-11-27-22-19(18)14-28-30(22)7/h8-12,14,16H,13,15H2,1-7H3,(H,29,31). The first-order valence-corrected chi connectivity index (χ1v) is 11.1. The van der Waals surface area contributed by atoms with Crippen LogP contribution in [-0.2, 0) is 11.8 Å². The third-order valence-electron chi connectivity index (χ3n) is 5.09. The number of aryl methyl sites for hydroxylation is 1. The highest BCUT2D eigenvalue weighted by molar-refractivity contribution is 5.92. The second-order valence-corrected chi connectivity index (χ2v) is 10.1. The van der Waals surface area contributed by atoms with E-state index in [4.69, 9.17) is 9.47 Å². The Kier molecular flexibility index (Phi) is 6.95. The molecule has 0 bridgehead atoms. The molecule has 0 saturated heterocycles. The zero-order chi connectivity index (χ0) is 24.4. The van der Waals surface area contributed by atoms with Gasteiger partial charge in [0.2, 0.25) is 0 Å². The smallest absolute Gasteiger partial charge is 0.408 e. The van der Waals surface area contributed by atoms with E-state index in [1.807, 2.05) is 40.8 Å². The Labute approximate surface area is 194 Å². The van der Waals surface area contributed by atoms with Gasteiger partial charge in [-0.15, -0.1) is 0 Å². The van der Waals surface area contributed by atoms with Crippen molar-refractivity contribution in [1.82, 2.24) is 20.1 Å². The molecule has 0 fully saturated rings. The molecule has 8 heteroatoms. The Morgan fingerprint density at radius 1 is 1.21 bits per heavy atom. The summed E-state index contributed by atoms with van der Waals surface area (Å²) in [5, 5.41) is 7.99. The average Bonchev–Trinajstić information content (AvgIpc) is 3.06. The predicted octanol–water partition coefficient (Wildman–Crippen LogP) is 5.48. The maximum Gasteiger partial charge on any atom is 0.408 e. The Hall–Kier alpha value is -3.16. The number of rotatable bonds is 7. The molecule has 2 aromatic heterocycles. The molecule has 1 atom stereocenters. The Bertz CT molecular complexity index is 1140. The molecule has 3 aromatic rings. The quantitative estimate of drug-likeness (QED) is 0.509. The number of amides is 1. The first-order chi connectivity index (χ1) is 15.4. The first-order valence-electron chi connectivity index (χ1n) is 11.1. The van der Waals surface area contributed by atoms with E-state index < -0.39 is 23.1 Å². The van der Waals surface area contributed by atoms with Crippen molar-refractivity contribution >= 4 is 17.1 Å². The summed E-state index contributed by atoms with van der Waals surface area (Å²) in [6, 6.07) is 6.69. The van der Waals surface area contributed by atoms with Gasteiger partial charge in [-0.3, -0.25) is 4.68 Å². The summed E-state index contributed by atoms with van der Waals surface area (Å²) in [6.07, 6.45) is 3.52. The third-order valence-corrected chi connectivity index (χ3v) is 5.09. The third kappa shape index (κ3) is 6.21. The van der Waals surface area contributed by atoms with Crippen molar-refractivity contribution in [2.45, 2.75) is 59.1 Å². The Morgan fingerprint density at radius 3 is 2.58 bits per heavy atom. The topological polar surface area (TPSA) is 78.3 Å². The van der Waals surface area contributed by atoms with E-state index in [9.17, 15) is 9.18 Å². The van der Waals surface area contributed by atoms with Crippen molar-refractivity contribution in [3.05, 3.63) is 42.5 Å². The molecule has 0 aliphatic heterocycles. The number of aromatic nitrogens is 3. The van der Waals surface area contributed by atoms with E-state index in [2.05, 4.69) is 29.2 Å². The molecule has 0 saturated carbocycles. The van der Waals surface area contributed by atoms with Crippen LogP contribution < -0.4 is 10.1 Å². The molecule has 1 aromatic carbocycles. The molecule has 3 rings (SSSR count). The fraction of sp³-hybridized carbons (Fsp3) is 0.480. The van der Waals surface area contributed by atoms with Crippen molar-refractivity contribution in [2.24, 2.45) is 13.0 Å². The van der Waals surface area contributed by atoms with Crippen LogP contribution in [0.1, 0.15) is 48.0 Å². The van der Waals surface area contributed by atoms with Gasteiger partial charge in [0.25, 0.3) is 0 Å². The molecule has 0 aliphatic carbocycles. The number of nitrogens with one attached hydrogen (secondary N) is 1. The van der Waals surface area contributed by atoms with Crippen molar-refractivity contribution < 1.29 is 18.7 Å². The number of alkyl carbamates (subject to hydrolysis) is 1. The Balaban J connectivity index is 1.78. The van der Waals surface area contributed by atoms with E-state index >= 15 is 0 Å². The average molecular weight is 457 g/mol. The van der Waals surface area contributed by atoms with Gasteiger partial charge >= 0.3 is 6.09 Å². The summed E-state index contributed by atoms with van der Waals surface area (Å²) in [6.45, 7) is 11.5. The molecule has 2 heterocycles. The highest BCUT2D eigenvalue weighted by Gasteiger charge is 2.31. The van der Waals surface area contributed by atoms with Gasteiger partial charge in [-0.25, -0.2) is 14.2 Å². The fourth-order valence-corrected chi connectivity index (χ4v) is 3.92. The van der Waals surface area contributed by atoms with Crippen LogP contribution >= 0.6 is 0 Å². The van der Waals surface area contributed by atoms with Gasteiger partial charge in [-0.05, 0) is 69.4 Å². The van der Waals surface area contributed by atoms with Crippen LogP contribution in [0.3, 0.4) is 0 Å². The van der Waals surface area contributed by atoms with Gasteiger partial charge in [-0.1, -0.05) is 19.9 Å². The first kappa shape index (κ1) is 24.5. The molecule has 0 radical (unpaired) electrons. The number of nitrogens with zero attached hydrogens (tertiary/aromatic N) is 3. The van der Waals surface area contributed by atoms with Crippen molar-refractivity contribution in [2.75, 3.05) is 6.61 Å². The van der Waals surface area contributed by atoms with Gasteiger partial charge in [0.15, 0.2) is 17.2 Å². The summed E-state index contributed by atoms with van der Waals surface area (Å²) in [7, 11) is 1.82. The lowest BCUT2D eigenvalue weighted by Gasteiger charge is -2.33. The molecule has 1 amide bonds. The summed E-state index contributed by atoms with van der Waals surface area (Å²) >= 11 is 0. The van der Waals surface area contributed by atoms with Crippen LogP contribution in [-0.4, -0.2) is 38.6 Å². The number of ether oxygens (including phenoxy) is 2. The van der Waals surface area contributed by atoms with Gasteiger partial charge in [0.1, 0.15) is 12.2 Å². The van der Waals surface area contributed by atoms with Crippen LogP contribution in [0, 0.1) is 11.7 Å². The SMILES string of the molecule is CC(C)CC(C)(COc1ccc(-c2ccnc3c2cnn3C)cc1F)NC(=O)OC(C)(C)C. The van der Waals surface area contributed by atoms with Crippen molar-refractivity contribution in [3.63, 3.8) is 0 Å². The second-order valence-electron chi connectivity index (χ2n) is 10.1. The van der Waals surface area contributed by atoms with Gasteiger partial charge in [0, 0.05) is 18.6 Å². The lowest BCUT2D eigenvalue weighted by molar-refractivity contribution is 0.0406.